The van der Waals surface area contributed by atoms with Gasteiger partial charge in [-0.25, -0.2) is 9.20 Å². The minimum atomic E-state index is -0.178. The monoisotopic (exact) mass is 407 g/mol. The Balaban J connectivity index is 1.72. The summed E-state index contributed by atoms with van der Waals surface area (Å²) in [4.78, 5) is 12.8. The Bertz CT molecular complexity index is 1370. The molecule has 0 amide bonds. The number of aromatic nitrogens is 4. The minimum Gasteiger partial charge on any atom is -0.268 e. The molecule has 6 nitrogen and oxygen atoms in total. The van der Waals surface area contributed by atoms with Crippen LogP contribution in [-0.2, 0) is 0 Å². The van der Waals surface area contributed by atoms with Gasteiger partial charge < -0.3 is 0 Å². The van der Waals surface area contributed by atoms with Crippen molar-refractivity contribution in [3.63, 3.8) is 0 Å². The van der Waals surface area contributed by atoms with Crippen molar-refractivity contribution in [2.75, 3.05) is 0 Å². The van der Waals surface area contributed by atoms with E-state index in [1.165, 1.54) is 0 Å². The van der Waals surface area contributed by atoms with Gasteiger partial charge in [0.1, 0.15) is 5.69 Å². The van der Waals surface area contributed by atoms with Gasteiger partial charge in [-0.15, -0.1) is 0 Å². The second-order valence-corrected chi connectivity index (χ2v) is 7.73. The fourth-order valence-corrected chi connectivity index (χ4v) is 4.38. The van der Waals surface area contributed by atoms with Crippen molar-refractivity contribution in [1.82, 2.24) is 19.4 Å². The lowest BCUT2D eigenvalue weighted by Crippen LogP contribution is -2.29. The fraction of sp³-hybridized carbons (Fsp3) is 0.200. The van der Waals surface area contributed by atoms with Crippen LogP contribution >= 0.6 is 0 Å². The lowest BCUT2D eigenvalue weighted by molar-refractivity contribution is 0.397. The second kappa shape index (κ2) is 8.04. The molecule has 6 heteroatoms. The highest BCUT2D eigenvalue weighted by Gasteiger charge is 2.24. The van der Waals surface area contributed by atoms with E-state index in [2.05, 4.69) is 6.07 Å². The van der Waals surface area contributed by atoms with Gasteiger partial charge in [-0.2, -0.15) is 15.5 Å². The van der Waals surface area contributed by atoms with Gasteiger partial charge in [0, 0.05) is 23.9 Å². The molecule has 31 heavy (non-hydrogen) atoms. The topological polar surface area (TPSA) is 76.0 Å². The zero-order valence-electron chi connectivity index (χ0n) is 17.0. The van der Waals surface area contributed by atoms with E-state index in [0.29, 0.717) is 5.69 Å². The standard InChI is InChI=1S/C25H21N5O/c26-16-15-18-8-4-5-11-21(18)30-23(31)14-13-20(27-30)24-22-12-6-7-17-29(22)28-25(24)19-9-2-1-3-10-19/h1-3,6-7,9-10,12-15,17,21H,4-5,8,11H2/b18-15+. The first-order chi connectivity index (χ1) is 15.3. The van der Waals surface area contributed by atoms with Crippen LogP contribution in [0.5, 0.6) is 0 Å². The molecule has 1 aromatic carbocycles. The zero-order valence-corrected chi connectivity index (χ0v) is 17.0. The van der Waals surface area contributed by atoms with E-state index >= 15 is 0 Å². The largest absolute Gasteiger partial charge is 0.268 e. The maximum Gasteiger partial charge on any atom is 0.267 e. The molecule has 1 saturated carbocycles. The molecule has 3 heterocycles. The Morgan fingerprint density at radius 1 is 1.00 bits per heavy atom. The van der Waals surface area contributed by atoms with Gasteiger partial charge in [-0.1, -0.05) is 42.8 Å². The van der Waals surface area contributed by atoms with Crippen LogP contribution in [0.2, 0.25) is 0 Å². The maximum absolute atomic E-state index is 12.8. The Kier molecular flexibility index (Phi) is 4.93. The molecule has 1 aliphatic rings. The number of rotatable bonds is 3. The third kappa shape index (κ3) is 3.44. The molecule has 4 aromatic rings. The first-order valence-corrected chi connectivity index (χ1v) is 10.5. The Morgan fingerprint density at radius 2 is 1.84 bits per heavy atom. The Labute approximate surface area is 179 Å². The normalized spacial score (nSPS) is 17.6. The summed E-state index contributed by atoms with van der Waals surface area (Å²) in [6.07, 6.45) is 7.17. The lowest BCUT2D eigenvalue weighted by Gasteiger charge is -2.26. The van der Waals surface area contributed by atoms with E-state index in [1.54, 1.807) is 22.9 Å². The summed E-state index contributed by atoms with van der Waals surface area (Å²) in [5.74, 6) is 0. The smallest absolute Gasteiger partial charge is 0.267 e. The first-order valence-electron chi connectivity index (χ1n) is 10.5. The van der Waals surface area contributed by atoms with Crippen molar-refractivity contribution in [2.24, 2.45) is 0 Å². The molecule has 1 unspecified atom stereocenters. The maximum atomic E-state index is 12.8. The van der Waals surface area contributed by atoms with Crippen LogP contribution in [-0.4, -0.2) is 19.4 Å². The van der Waals surface area contributed by atoms with Gasteiger partial charge >= 0.3 is 0 Å². The summed E-state index contributed by atoms with van der Waals surface area (Å²) in [6, 6.07) is 21.2. The van der Waals surface area contributed by atoms with Crippen molar-refractivity contribution in [2.45, 2.75) is 31.7 Å². The highest BCUT2D eigenvalue weighted by molar-refractivity contribution is 5.90. The predicted molar refractivity (Wildman–Crippen MR) is 119 cm³/mol. The zero-order chi connectivity index (χ0) is 21.2. The van der Waals surface area contributed by atoms with E-state index in [0.717, 1.165) is 53.6 Å². The van der Waals surface area contributed by atoms with E-state index in [1.807, 2.05) is 59.2 Å². The number of hydrogen-bond acceptors (Lipinski definition) is 4. The molecule has 5 rings (SSSR count). The summed E-state index contributed by atoms with van der Waals surface area (Å²) in [5.41, 5.74) is 5.14. The van der Waals surface area contributed by atoms with E-state index in [4.69, 9.17) is 10.2 Å². The number of pyridine rings is 1. The molecule has 1 atom stereocenters. The van der Waals surface area contributed by atoms with E-state index in [-0.39, 0.29) is 11.6 Å². The Morgan fingerprint density at radius 3 is 2.68 bits per heavy atom. The van der Waals surface area contributed by atoms with Crippen LogP contribution in [0, 0.1) is 11.3 Å². The second-order valence-electron chi connectivity index (χ2n) is 7.73. The first kappa shape index (κ1) is 19.0. The highest BCUT2D eigenvalue weighted by Crippen LogP contribution is 2.35. The van der Waals surface area contributed by atoms with Gasteiger partial charge in [0.05, 0.1) is 28.9 Å². The molecular formula is C25H21N5O. The number of allylic oxidation sites excluding steroid dienone is 2. The molecule has 0 bridgehead atoms. The SMILES string of the molecule is N#C/C=C1\CCCCC1n1nc(-c2c(-c3ccccc3)nn3ccccc23)ccc1=O. The molecule has 1 fully saturated rings. The third-order valence-electron chi connectivity index (χ3n) is 5.83. The summed E-state index contributed by atoms with van der Waals surface area (Å²) in [6.45, 7) is 0. The molecule has 3 aromatic heterocycles. The lowest BCUT2D eigenvalue weighted by atomic mass is 9.90. The van der Waals surface area contributed by atoms with Gasteiger partial charge in [0.2, 0.25) is 0 Å². The van der Waals surface area contributed by atoms with Crippen molar-refractivity contribution in [1.29, 1.82) is 5.26 Å². The molecule has 0 spiro atoms. The summed E-state index contributed by atoms with van der Waals surface area (Å²) < 4.78 is 3.40. The fourth-order valence-electron chi connectivity index (χ4n) is 4.38. The molecular weight excluding hydrogens is 386 g/mol. The van der Waals surface area contributed by atoms with Crippen LogP contribution in [0.1, 0.15) is 31.7 Å². The van der Waals surface area contributed by atoms with Crippen LogP contribution < -0.4 is 5.56 Å². The van der Waals surface area contributed by atoms with Crippen molar-refractivity contribution in [3.05, 3.63) is 88.9 Å². The number of hydrogen-bond donors (Lipinski definition) is 0. The average molecular weight is 407 g/mol. The van der Waals surface area contributed by atoms with Crippen molar-refractivity contribution in [3.8, 4) is 28.6 Å². The molecule has 1 aliphatic carbocycles. The van der Waals surface area contributed by atoms with Crippen molar-refractivity contribution < 1.29 is 0 Å². The number of nitriles is 1. The minimum absolute atomic E-state index is 0.155. The molecule has 0 saturated heterocycles. The van der Waals surface area contributed by atoms with Crippen LogP contribution in [0.3, 0.4) is 0 Å². The van der Waals surface area contributed by atoms with Gasteiger partial charge in [-0.3, -0.25) is 4.79 Å². The molecule has 0 N–H and O–H groups in total. The number of benzene rings is 1. The number of fused-ring (bicyclic) bond motifs is 1. The highest BCUT2D eigenvalue weighted by atomic mass is 16.1. The molecule has 0 radical (unpaired) electrons. The van der Waals surface area contributed by atoms with E-state index < -0.39 is 0 Å². The predicted octanol–water partition coefficient (Wildman–Crippen LogP) is 4.79. The quantitative estimate of drug-likeness (QED) is 0.458. The third-order valence-corrected chi connectivity index (χ3v) is 5.83. The molecule has 0 aliphatic heterocycles. The van der Waals surface area contributed by atoms with Gasteiger partial charge in [0.15, 0.2) is 0 Å². The molecule has 152 valence electrons. The van der Waals surface area contributed by atoms with Crippen LogP contribution in [0.25, 0.3) is 28.0 Å². The van der Waals surface area contributed by atoms with Gasteiger partial charge in [0.25, 0.3) is 5.56 Å². The number of nitrogens with zero attached hydrogens (tertiary/aromatic N) is 5. The van der Waals surface area contributed by atoms with Crippen LogP contribution in [0.15, 0.2) is 83.3 Å². The van der Waals surface area contributed by atoms with Crippen molar-refractivity contribution >= 4 is 5.52 Å². The summed E-state index contributed by atoms with van der Waals surface area (Å²) in [7, 11) is 0. The van der Waals surface area contributed by atoms with Crippen LogP contribution in [0.4, 0.5) is 0 Å². The summed E-state index contributed by atoms with van der Waals surface area (Å²) >= 11 is 0. The van der Waals surface area contributed by atoms with Gasteiger partial charge in [-0.05, 0) is 43.0 Å². The Hall–Kier alpha value is -3.98. The average Bonchev–Trinajstić information content (AvgIpc) is 3.20. The summed E-state index contributed by atoms with van der Waals surface area (Å²) in [5, 5.41) is 18.8. The van der Waals surface area contributed by atoms with E-state index in [9.17, 15) is 10.1 Å².